The van der Waals surface area contributed by atoms with Gasteiger partial charge in [-0.15, -0.1) is 0 Å². The first-order valence-electron chi connectivity index (χ1n) is 7.16. The molecule has 0 amide bonds. The van der Waals surface area contributed by atoms with Crippen molar-refractivity contribution in [3.8, 4) is 0 Å². The van der Waals surface area contributed by atoms with Crippen LogP contribution in [0.4, 0.5) is 0 Å². The summed E-state index contributed by atoms with van der Waals surface area (Å²) in [4.78, 5) is 0. The summed E-state index contributed by atoms with van der Waals surface area (Å²) in [6, 6.07) is 0.750. The van der Waals surface area contributed by atoms with Crippen LogP contribution in [0.25, 0.3) is 0 Å². The fourth-order valence-electron chi connectivity index (χ4n) is 3.25. The van der Waals surface area contributed by atoms with E-state index in [4.69, 9.17) is 4.74 Å². The van der Waals surface area contributed by atoms with Crippen molar-refractivity contribution in [3.05, 3.63) is 18.0 Å². The van der Waals surface area contributed by atoms with E-state index in [1.807, 2.05) is 17.9 Å². The lowest BCUT2D eigenvalue weighted by molar-refractivity contribution is 0.0898. The zero-order valence-corrected chi connectivity index (χ0v) is 11.1. The van der Waals surface area contributed by atoms with Crippen molar-refractivity contribution in [2.45, 2.75) is 44.2 Å². The Labute approximate surface area is 109 Å². The molecule has 1 saturated heterocycles. The Bertz CT molecular complexity index is 384. The third-order valence-electron chi connectivity index (χ3n) is 4.29. The number of ether oxygens (including phenoxy) is 1. The van der Waals surface area contributed by atoms with E-state index in [9.17, 15) is 0 Å². The molecule has 2 heterocycles. The maximum Gasteiger partial charge on any atom is 0.0896 e. The van der Waals surface area contributed by atoms with Crippen LogP contribution in [0.1, 0.15) is 43.8 Å². The summed E-state index contributed by atoms with van der Waals surface area (Å²) in [7, 11) is 1.96. The molecule has 1 aliphatic carbocycles. The molecule has 1 aromatic heterocycles. The minimum atomic E-state index is 0.243. The Balaban J connectivity index is 1.57. The molecule has 2 fully saturated rings. The zero-order valence-electron chi connectivity index (χ0n) is 11.1. The van der Waals surface area contributed by atoms with Gasteiger partial charge in [0.15, 0.2) is 0 Å². The summed E-state index contributed by atoms with van der Waals surface area (Å²) >= 11 is 0. The highest BCUT2D eigenvalue weighted by Crippen LogP contribution is 2.34. The first-order valence-corrected chi connectivity index (χ1v) is 7.16. The van der Waals surface area contributed by atoms with E-state index in [1.54, 1.807) is 0 Å². The minimum Gasteiger partial charge on any atom is -0.373 e. The Kier molecular flexibility index (Phi) is 3.66. The number of aromatic nitrogens is 2. The van der Waals surface area contributed by atoms with Gasteiger partial charge in [-0.05, 0) is 19.3 Å². The van der Waals surface area contributed by atoms with Crippen LogP contribution in [-0.4, -0.2) is 29.0 Å². The van der Waals surface area contributed by atoms with Crippen molar-refractivity contribution in [3.63, 3.8) is 0 Å². The van der Waals surface area contributed by atoms with E-state index < -0.39 is 0 Å². The Hall–Kier alpha value is -0.870. The van der Waals surface area contributed by atoms with Crippen molar-refractivity contribution in [2.24, 2.45) is 13.0 Å². The molecule has 0 unspecified atom stereocenters. The highest BCUT2D eigenvalue weighted by Gasteiger charge is 2.31. The molecule has 0 spiro atoms. The molecule has 4 nitrogen and oxygen atoms in total. The van der Waals surface area contributed by atoms with E-state index >= 15 is 0 Å². The first-order chi connectivity index (χ1) is 8.83. The molecule has 4 heteroatoms. The molecular formula is C14H23N3O. The Morgan fingerprint density at radius 3 is 2.94 bits per heavy atom. The molecule has 18 heavy (non-hydrogen) atoms. The largest absolute Gasteiger partial charge is 0.373 e. The monoisotopic (exact) mass is 249 g/mol. The predicted molar refractivity (Wildman–Crippen MR) is 70.3 cm³/mol. The number of hydrogen-bond acceptors (Lipinski definition) is 3. The summed E-state index contributed by atoms with van der Waals surface area (Å²) in [5.41, 5.74) is 1.23. The number of aryl methyl sites for hydroxylation is 1. The number of rotatable bonds is 4. The van der Waals surface area contributed by atoms with Gasteiger partial charge in [0.25, 0.3) is 0 Å². The maximum absolute atomic E-state index is 5.89. The van der Waals surface area contributed by atoms with Crippen LogP contribution in [0.3, 0.4) is 0 Å². The normalized spacial score (nSPS) is 29.2. The van der Waals surface area contributed by atoms with Gasteiger partial charge in [-0.25, -0.2) is 0 Å². The second-order valence-corrected chi connectivity index (χ2v) is 5.68. The second-order valence-electron chi connectivity index (χ2n) is 5.68. The number of nitrogens with zero attached hydrogens (tertiary/aromatic N) is 2. The molecule has 1 N–H and O–H groups in total. The van der Waals surface area contributed by atoms with Crippen molar-refractivity contribution in [1.82, 2.24) is 15.1 Å². The van der Waals surface area contributed by atoms with E-state index in [-0.39, 0.29) is 6.10 Å². The topological polar surface area (TPSA) is 39.1 Å². The summed E-state index contributed by atoms with van der Waals surface area (Å²) in [6.07, 6.45) is 10.9. The standard InChI is InChI=1S/C14H23N3O/c1-17-10-12(9-16-17)14-11(6-7-18-14)8-15-13-4-2-3-5-13/h9-11,13-15H,2-8H2,1H3/t11-,14-/m0/s1. The third-order valence-corrected chi connectivity index (χ3v) is 4.29. The van der Waals surface area contributed by atoms with Crippen molar-refractivity contribution in [1.29, 1.82) is 0 Å². The second kappa shape index (κ2) is 5.41. The van der Waals surface area contributed by atoms with Gasteiger partial charge < -0.3 is 10.1 Å². The van der Waals surface area contributed by atoms with Gasteiger partial charge in [0.2, 0.25) is 0 Å². The maximum atomic E-state index is 5.89. The average Bonchev–Trinajstić information content (AvgIpc) is 3.07. The first kappa shape index (κ1) is 12.2. The van der Waals surface area contributed by atoms with E-state index in [2.05, 4.69) is 16.6 Å². The van der Waals surface area contributed by atoms with Gasteiger partial charge in [0, 0.05) is 43.9 Å². The molecule has 0 aromatic carbocycles. The van der Waals surface area contributed by atoms with Crippen molar-refractivity contribution >= 4 is 0 Å². The molecule has 2 atom stereocenters. The van der Waals surface area contributed by atoms with E-state index in [1.165, 1.54) is 37.7 Å². The SMILES string of the molecule is Cn1cc([C@H]2OCC[C@H]2CNC2CCCC2)cn1. The molecule has 1 saturated carbocycles. The van der Waals surface area contributed by atoms with Gasteiger partial charge in [0.1, 0.15) is 0 Å². The number of hydrogen-bond donors (Lipinski definition) is 1. The highest BCUT2D eigenvalue weighted by molar-refractivity contribution is 5.11. The highest BCUT2D eigenvalue weighted by atomic mass is 16.5. The van der Waals surface area contributed by atoms with Crippen molar-refractivity contribution in [2.75, 3.05) is 13.2 Å². The smallest absolute Gasteiger partial charge is 0.0896 e. The predicted octanol–water partition coefficient (Wildman–Crippen LogP) is 2.03. The minimum absolute atomic E-state index is 0.243. The zero-order chi connectivity index (χ0) is 12.4. The van der Waals surface area contributed by atoms with Crippen LogP contribution in [0.15, 0.2) is 12.4 Å². The molecule has 1 aliphatic heterocycles. The molecule has 2 aliphatic rings. The molecule has 0 bridgehead atoms. The number of nitrogens with one attached hydrogen (secondary N) is 1. The fraction of sp³-hybridized carbons (Fsp3) is 0.786. The van der Waals surface area contributed by atoms with Gasteiger partial charge >= 0.3 is 0 Å². The lowest BCUT2D eigenvalue weighted by Crippen LogP contribution is -2.32. The van der Waals surface area contributed by atoms with Gasteiger partial charge in [0.05, 0.1) is 12.3 Å². The summed E-state index contributed by atoms with van der Waals surface area (Å²) in [6.45, 7) is 1.97. The molecular weight excluding hydrogens is 226 g/mol. The van der Waals surface area contributed by atoms with Crippen LogP contribution < -0.4 is 5.32 Å². The van der Waals surface area contributed by atoms with Crippen LogP contribution in [0.2, 0.25) is 0 Å². The molecule has 1 aromatic rings. The summed E-state index contributed by atoms with van der Waals surface area (Å²) in [5.74, 6) is 0.606. The van der Waals surface area contributed by atoms with Gasteiger partial charge in [-0.2, -0.15) is 5.10 Å². The van der Waals surface area contributed by atoms with E-state index in [0.29, 0.717) is 5.92 Å². The van der Waals surface area contributed by atoms with Gasteiger partial charge in [-0.3, -0.25) is 4.68 Å². The van der Waals surface area contributed by atoms with Crippen molar-refractivity contribution < 1.29 is 4.74 Å². The molecule has 3 rings (SSSR count). The van der Waals surface area contributed by atoms with Gasteiger partial charge in [-0.1, -0.05) is 12.8 Å². The summed E-state index contributed by atoms with van der Waals surface area (Å²) < 4.78 is 7.75. The van der Waals surface area contributed by atoms with Crippen LogP contribution in [0.5, 0.6) is 0 Å². The molecule has 100 valence electrons. The third kappa shape index (κ3) is 2.59. The van der Waals surface area contributed by atoms with Crippen LogP contribution in [0, 0.1) is 5.92 Å². The molecule has 0 radical (unpaired) electrons. The Morgan fingerprint density at radius 2 is 2.22 bits per heavy atom. The quantitative estimate of drug-likeness (QED) is 0.887. The fourth-order valence-corrected chi connectivity index (χ4v) is 3.25. The lowest BCUT2D eigenvalue weighted by Gasteiger charge is -2.20. The van der Waals surface area contributed by atoms with Crippen LogP contribution >= 0.6 is 0 Å². The summed E-state index contributed by atoms with van der Waals surface area (Å²) in [5, 5.41) is 7.97. The van der Waals surface area contributed by atoms with Crippen LogP contribution in [-0.2, 0) is 11.8 Å². The van der Waals surface area contributed by atoms with E-state index in [0.717, 1.165) is 19.2 Å². The lowest BCUT2D eigenvalue weighted by atomic mass is 9.97. The Morgan fingerprint density at radius 1 is 1.39 bits per heavy atom. The average molecular weight is 249 g/mol.